The van der Waals surface area contributed by atoms with Crippen molar-refractivity contribution in [2.75, 3.05) is 6.61 Å². The second kappa shape index (κ2) is 5.94. The summed E-state index contributed by atoms with van der Waals surface area (Å²) in [6.07, 6.45) is 1.88. The molecular weight excluding hydrogens is 290 g/mol. The summed E-state index contributed by atoms with van der Waals surface area (Å²) in [4.78, 5) is 24.6. The Morgan fingerprint density at radius 2 is 2.41 bits per heavy atom. The number of aldehydes is 1. The van der Waals surface area contributed by atoms with Crippen LogP contribution in [0.15, 0.2) is 30.5 Å². The van der Waals surface area contributed by atoms with E-state index in [0.29, 0.717) is 18.7 Å². The average molecular weight is 303 g/mol. The highest BCUT2D eigenvalue weighted by molar-refractivity contribution is 5.74. The van der Waals surface area contributed by atoms with Crippen molar-refractivity contribution in [3.05, 3.63) is 51.7 Å². The van der Waals surface area contributed by atoms with E-state index in [1.165, 1.54) is 6.20 Å². The largest absolute Gasteiger partial charge is 0.443 e. The Morgan fingerprint density at radius 3 is 3.18 bits per heavy atom. The summed E-state index contributed by atoms with van der Waals surface area (Å²) in [5.74, 6) is -0.241. The molecule has 1 aliphatic heterocycles. The molecule has 1 atom stereocenters. The van der Waals surface area contributed by atoms with E-state index in [9.17, 15) is 14.9 Å². The number of fused-ring (bicyclic) bond motifs is 1. The van der Waals surface area contributed by atoms with Crippen molar-refractivity contribution in [2.45, 2.75) is 19.3 Å². The van der Waals surface area contributed by atoms with E-state index < -0.39 is 4.92 Å². The number of benzene rings is 1. The molecule has 8 heteroatoms. The second-order valence-electron chi connectivity index (χ2n) is 4.90. The van der Waals surface area contributed by atoms with E-state index in [2.05, 4.69) is 4.98 Å². The zero-order valence-electron chi connectivity index (χ0n) is 11.5. The van der Waals surface area contributed by atoms with Crippen LogP contribution in [0.5, 0.6) is 6.01 Å². The first-order chi connectivity index (χ1) is 10.7. The lowest BCUT2D eigenvalue weighted by Gasteiger charge is -2.22. The van der Waals surface area contributed by atoms with Crippen LogP contribution in [-0.4, -0.2) is 33.5 Å². The molecule has 0 aliphatic carbocycles. The Hall–Kier alpha value is -2.74. The highest BCUT2D eigenvalue weighted by atomic mass is 16.6. The zero-order valence-corrected chi connectivity index (χ0v) is 11.5. The fourth-order valence-corrected chi connectivity index (χ4v) is 2.23. The van der Waals surface area contributed by atoms with Crippen molar-refractivity contribution in [2.24, 2.45) is 0 Å². The van der Waals surface area contributed by atoms with Gasteiger partial charge in [0.05, 0.1) is 13.2 Å². The first kappa shape index (κ1) is 14.2. The van der Waals surface area contributed by atoms with Crippen molar-refractivity contribution >= 4 is 12.1 Å². The number of nitro groups is 1. The molecule has 0 saturated carbocycles. The first-order valence-electron chi connectivity index (χ1n) is 6.66. The molecule has 0 saturated heterocycles. The Morgan fingerprint density at radius 1 is 1.55 bits per heavy atom. The Bertz CT molecular complexity index is 712. The lowest BCUT2D eigenvalue weighted by molar-refractivity contribution is -0.389. The molecule has 0 unspecified atom stereocenters. The summed E-state index contributed by atoms with van der Waals surface area (Å²) in [6.45, 7) is 1.05. The number of hydrogen-bond donors (Lipinski definition) is 0. The minimum Gasteiger partial charge on any atom is -0.443 e. The Labute approximate surface area is 125 Å². The lowest BCUT2D eigenvalue weighted by Crippen LogP contribution is -2.32. The first-order valence-corrected chi connectivity index (χ1v) is 6.66. The highest BCUT2D eigenvalue weighted by Gasteiger charge is 2.28. The van der Waals surface area contributed by atoms with Crippen molar-refractivity contribution in [3.63, 3.8) is 0 Å². The predicted molar refractivity (Wildman–Crippen MR) is 74.8 cm³/mol. The maximum atomic E-state index is 10.7. The molecule has 0 fully saturated rings. The number of nitrogens with zero attached hydrogens (tertiary/aromatic N) is 3. The third-order valence-corrected chi connectivity index (χ3v) is 3.29. The molecule has 0 bridgehead atoms. The van der Waals surface area contributed by atoms with Crippen LogP contribution in [0.1, 0.15) is 15.9 Å². The summed E-state index contributed by atoms with van der Waals surface area (Å²) in [6, 6.07) is 7.36. The van der Waals surface area contributed by atoms with Gasteiger partial charge in [0.25, 0.3) is 0 Å². The van der Waals surface area contributed by atoms with Crippen LogP contribution in [0.2, 0.25) is 0 Å². The third kappa shape index (κ3) is 2.96. The van der Waals surface area contributed by atoms with Gasteiger partial charge in [0.1, 0.15) is 25.2 Å². The smallest absolute Gasteiger partial charge is 0.414 e. The van der Waals surface area contributed by atoms with E-state index in [-0.39, 0.29) is 24.5 Å². The second-order valence-corrected chi connectivity index (χ2v) is 4.90. The van der Waals surface area contributed by atoms with Crippen LogP contribution < -0.4 is 4.74 Å². The molecule has 0 N–H and O–H groups in total. The number of ether oxygens (including phenoxy) is 2. The normalized spacial score (nSPS) is 16.6. The lowest BCUT2D eigenvalue weighted by atomic mass is 10.1. The third-order valence-electron chi connectivity index (χ3n) is 3.29. The molecule has 22 heavy (non-hydrogen) atoms. The molecule has 114 valence electrons. The molecule has 0 radical (unpaired) electrons. The molecule has 3 rings (SSSR count). The average Bonchev–Trinajstić information content (AvgIpc) is 2.96. The molecule has 1 aromatic carbocycles. The summed E-state index contributed by atoms with van der Waals surface area (Å²) in [5.41, 5.74) is 1.47. The van der Waals surface area contributed by atoms with Gasteiger partial charge in [0.15, 0.2) is 0 Å². The number of carbonyl (C=O) groups excluding carboxylic acids is 1. The molecule has 1 aromatic heterocycles. The maximum absolute atomic E-state index is 10.7. The van der Waals surface area contributed by atoms with Gasteiger partial charge in [-0.25, -0.2) is 0 Å². The van der Waals surface area contributed by atoms with E-state index in [1.807, 2.05) is 6.07 Å². The van der Waals surface area contributed by atoms with Crippen LogP contribution in [0.25, 0.3) is 0 Å². The van der Waals surface area contributed by atoms with E-state index in [1.54, 1.807) is 22.8 Å². The van der Waals surface area contributed by atoms with Gasteiger partial charge in [-0.05, 0) is 16.6 Å². The van der Waals surface area contributed by atoms with Gasteiger partial charge < -0.3 is 19.6 Å². The fourth-order valence-electron chi connectivity index (χ4n) is 2.23. The minimum atomic E-state index is -0.560. The van der Waals surface area contributed by atoms with Crippen molar-refractivity contribution in [3.8, 4) is 6.01 Å². The summed E-state index contributed by atoms with van der Waals surface area (Å²) < 4.78 is 12.7. The zero-order chi connectivity index (χ0) is 15.5. The van der Waals surface area contributed by atoms with E-state index in [0.717, 1.165) is 11.8 Å². The maximum Gasteiger partial charge on any atom is 0.414 e. The van der Waals surface area contributed by atoms with Crippen LogP contribution in [0, 0.1) is 10.1 Å². The van der Waals surface area contributed by atoms with Gasteiger partial charge >= 0.3 is 11.8 Å². The highest BCUT2D eigenvalue weighted by Crippen LogP contribution is 2.22. The van der Waals surface area contributed by atoms with Gasteiger partial charge in [-0.3, -0.25) is 9.36 Å². The van der Waals surface area contributed by atoms with Crippen molar-refractivity contribution < 1.29 is 19.2 Å². The molecular formula is C14H13N3O5. The fraction of sp³-hybridized carbons (Fsp3) is 0.286. The van der Waals surface area contributed by atoms with Crippen LogP contribution >= 0.6 is 0 Å². The van der Waals surface area contributed by atoms with Crippen molar-refractivity contribution in [1.82, 2.24) is 9.55 Å². The SMILES string of the molecule is O=Cc1cccc(CO[C@@H]2COc3nc([N+](=O)[O-])cn3C2)c1. The molecule has 8 nitrogen and oxygen atoms in total. The van der Waals surface area contributed by atoms with Crippen LogP contribution in [-0.2, 0) is 17.9 Å². The number of imidazole rings is 1. The topological polar surface area (TPSA) is 96.5 Å². The van der Waals surface area contributed by atoms with Gasteiger partial charge in [-0.2, -0.15) is 0 Å². The molecule has 0 amide bonds. The van der Waals surface area contributed by atoms with E-state index >= 15 is 0 Å². The van der Waals surface area contributed by atoms with Crippen LogP contribution in [0.4, 0.5) is 5.82 Å². The summed E-state index contributed by atoms with van der Waals surface area (Å²) in [7, 11) is 0. The van der Waals surface area contributed by atoms with Crippen molar-refractivity contribution in [1.29, 1.82) is 0 Å². The van der Waals surface area contributed by atoms with E-state index in [4.69, 9.17) is 9.47 Å². The molecule has 1 aliphatic rings. The summed E-state index contributed by atoms with van der Waals surface area (Å²) in [5, 5.41) is 10.7. The Balaban J connectivity index is 1.62. The predicted octanol–water partition coefficient (Wildman–Crippen LogP) is 1.58. The number of aromatic nitrogens is 2. The quantitative estimate of drug-likeness (QED) is 0.472. The molecule has 2 heterocycles. The molecule has 2 aromatic rings. The van der Waals surface area contributed by atoms with Gasteiger partial charge in [-0.15, -0.1) is 0 Å². The van der Waals surface area contributed by atoms with Gasteiger partial charge in [-0.1, -0.05) is 18.2 Å². The number of carbonyl (C=O) groups is 1. The summed E-state index contributed by atoms with van der Waals surface area (Å²) >= 11 is 0. The minimum absolute atomic E-state index is 0.231. The number of rotatable bonds is 5. The Kier molecular flexibility index (Phi) is 3.84. The standard InChI is InChI=1S/C14H13N3O5/c18-7-10-2-1-3-11(4-10)8-21-12-5-16-6-13(17(19)20)15-14(16)22-9-12/h1-4,6-7,12H,5,8-9H2/t12-/m0/s1. The van der Waals surface area contributed by atoms with Gasteiger partial charge in [0.2, 0.25) is 0 Å². The molecule has 0 spiro atoms. The van der Waals surface area contributed by atoms with Crippen LogP contribution in [0.3, 0.4) is 0 Å². The number of hydrogen-bond acceptors (Lipinski definition) is 6. The monoisotopic (exact) mass is 303 g/mol. The van der Waals surface area contributed by atoms with Gasteiger partial charge in [0, 0.05) is 10.5 Å².